The molecular formula is C18H27NO2. The van der Waals surface area contributed by atoms with Crippen LogP contribution in [0.1, 0.15) is 38.7 Å². The normalized spacial score (nSPS) is 18.4. The first-order valence-corrected chi connectivity index (χ1v) is 8.19. The van der Waals surface area contributed by atoms with Crippen LogP contribution < -0.4 is 0 Å². The van der Waals surface area contributed by atoms with E-state index in [0.717, 1.165) is 31.8 Å². The van der Waals surface area contributed by atoms with E-state index in [-0.39, 0.29) is 12.0 Å². The van der Waals surface area contributed by atoms with Crippen LogP contribution in [0.5, 0.6) is 0 Å². The summed E-state index contributed by atoms with van der Waals surface area (Å²) in [5, 5.41) is 0. The van der Waals surface area contributed by atoms with Gasteiger partial charge in [0.1, 0.15) is 6.04 Å². The molecule has 0 spiro atoms. The molecule has 2 rings (SSSR count). The topological polar surface area (TPSA) is 29.5 Å². The van der Waals surface area contributed by atoms with Gasteiger partial charge in [0.2, 0.25) is 0 Å². The largest absolute Gasteiger partial charge is 0.465 e. The number of benzene rings is 1. The van der Waals surface area contributed by atoms with Gasteiger partial charge in [-0.2, -0.15) is 0 Å². The van der Waals surface area contributed by atoms with Crippen LogP contribution in [0.2, 0.25) is 0 Å². The number of rotatable bonds is 6. The molecule has 0 aromatic heterocycles. The summed E-state index contributed by atoms with van der Waals surface area (Å²) in [6.45, 7) is 6.43. The minimum Gasteiger partial charge on any atom is -0.465 e. The van der Waals surface area contributed by atoms with Crippen LogP contribution >= 0.6 is 0 Å². The van der Waals surface area contributed by atoms with E-state index in [4.69, 9.17) is 4.74 Å². The second-order valence-corrected chi connectivity index (χ2v) is 5.85. The summed E-state index contributed by atoms with van der Waals surface area (Å²) in [6, 6.07) is 10.6. The van der Waals surface area contributed by atoms with Crippen LogP contribution in [0.25, 0.3) is 0 Å². The maximum absolute atomic E-state index is 12.0. The number of likely N-dealkylation sites (tertiary alicyclic amines) is 1. The molecule has 1 unspecified atom stereocenters. The van der Waals surface area contributed by atoms with Crippen molar-refractivity contribution in [3.05, 3.63) is 35.9 Å². The Morgan fingerprint density at radius 3 is 2.48 bits per heavy atom. The van der Waals surface area contributed by atoms with Crippen molar-refractivity contribution in [3.63, 3.8) is 0 Å². The zero-order valence-corrected chi connectivity index (χ0v) is 13.3. The lowest BCUT2D eigenvalue weighted by Gasteiger charge is -2.36. The average Bonchev–Trinajstić information content (AvgIpc) is 2.51. The van der Waals surface area contributed by atoms with E-state index >= 15 is 0 Å². The zero-order valence-electron chi connectivity index (χ0n) is 13.3. The Kier molecular flexibility index (Phi) is 6.24. The van der Waals surface area contributed by atoms with Crippen molar-refractivity contribution in [3.8, 4) is 0 Å². The fraction of sp³-hybridized carbons (Fsp3) is 0.611. The molecule has 1 heterocycles. The quantitative estimate of drug-likeness (QED) is 0.753. The predicted molar refractivity (Wildman–Crippen MR) is 85.2 cm³/mol. The van der Waals surface area contributed by atoms with E-state index in [1.807, 2.05) is 6.92 Å². The first-order chi connectivity index (χ1) is 10.2. The van der Waals surface area contributed by atoms with Crippen molar-refractivity contribution in [1.82, 2.24) is 4.90 Å². The van der Waals surface area contributed by atoms with Gasteiger partial charge in [-0.1, -0.05) is 37.3 Å². The van der Waals surface area contributed by atoms with E-state index in [9.17, 15) is 4.79 Å². The van der Waals surface area contributed by atoms with Gasteiger partial charge in [0.05, 0.1) is 6.61 Å². The average molecular weight is 289 g/mol. The number of hydrogen-bond acceptors (Lipinski definition) is 3. The third-order valence-electron chi connectivity index (χ3n) is 4.40. The smallest absolute Gasteiger partial charge is 0.323 e. The molecule has 1 fully saturated rings. The molecule has 1 saturated heterocycles. The number of nitrogens with zero attached hydrogens (tertiary/aromatic N) is 1. The Bertz CT molecular complexity index is 424. The van der Waals surface area contributed by atoms with Crippen molar-refractivity contribution in [2.24, 2.45) is 5.92 Å². The van der Waals surface area contributed by atoms with Crippen molar-refractivity contribution in [2.45, 2.75) is 45.6 Å². The van der Waals surface area contributed by atoms with Crippen molar-refractivity contribution >= 4 is 5.97 Å². The molecule has 1 aliphatic heterocycles. The van der Waals surface area contributed by atoms with E-state index in [1.54, 1.807) is 0 Å². The Labute approximate surface area is 128 Å². The fourth-order valence-corrected chi connectivity index (χ4v) is 3.23. The van der Waals surface area contributed by atoms with Gasteiger partial charge < -0.3 is 4.74 Å². The lowest BCUT2D eigenvalue weighted by atomic mass is 9.89. The van der Waals surface area contributed by atoms with Gasteiger partial charge in [-0.05, 0) is 57.2 Å². The van der Waals surface area contributed by atoms with Gasteiger partial charge in [-0.25, -0.2) is 0 Å². The molecule has 0 radical (unpaired) electrons. The van der Waals surface area contributed by atoms with Gasteiger partial charge in [-0.3, -0.25) is 9.69 Å². The fourth-order valence-electron chi connectivity index (χ4n) is 3.23. The Morgan fingerprint density at radius 2 is 1.90 bits per heavy atom. The van der Waals surface area contributed by atoms with Crippen LogP contribution in [0.3, 0.4) is 0 Å². The number of carbonyl (C=O) groups is 1. The van der Waals surface area contributed by atoms with Crippen molar-refractivity contribution in [1.29, 1.82) is 0 Å². The number of hydrogen-bond donors (Lipinski definition) is 0. The van der Waals surface area contributed by atoms with Gasteiger partial charge in [-0.15, -0.1) is 0 Å². The third kappa shape index (κ3) is 4.57. The summed E-state index contributed by atoms with van der Waals surface area (Å²) in [6.07, 6.45) is 4.34. The van der Waals surface area contributed by atoms with Crippen LogP contribution in [0.15, 0.2) is 30.3 Å². The first kappa shape index (κ1) is 16.0. The Balaban J connectivity index is 1.83. The van der Waals surface area contributed by atoms with Crippen LogP contribution in [0, 0.1) is 5.92 Å². The molecule has 1 aromatic rings. The second kappa shape index (κ2) is 8.18. The number of carbonyl (C=O) groups excluding carboxylic acids is 1. The number of esters is 1. The van der Waals surface area contributed by atoms with Crippen LogP contribution in [-0.2, 0) is 16.0 Å². The number of piperidine rings is 1. The van der Waals surface area contributed by atoms with E-state index < -0.39 is 0 Å². The third-order valence-corrected chi connectivity index (χ3v) is 4.40. The van der Waals surface area contributed by atoms with Gasteiger partial charge in [0.15, 0.2) is 0 Å². The molecule has 0 bridgehead atoms. The Hall–Kier alpha value is -1.35. The number of ether oxygens (including phenoxy) is 1. The minimum atomic E-state index is -0.0542. The lowest BCUT2D eigenvalue weighted by molar-refractivity contribution is -0.150. The summed E-state index contributed by atoms with van der Waals surface area (Å²) in [7, 11) is 0. The lowest BCUT2D eigenvalue weighted by Crippen LogP contribution is -2.46. The minimum absolute atomic E-state index is 0.0531. The van der Waals surface area contributed by atoms with Crippen LogP contribution in [-0.4, -0.2) is 36.6 Å². The molecule has 1 aliphatic rings. The summed E-state index contributed by atoms with van der Waals surface area (Å²) in [5.74, 6) is 0.685. The van der Waals surface area contributed by atoms with Crippen molar-refractivity contribution < 1.29 is 9.53 Å². The van der Waals surface area contributed by atoms with Gasteiger partial charge in [0, 0.05) is 0 Å². The molecule has 0 aliphatic carbocycles. The van der Waals surface area contributed by atoms with Crippen molar-refractivity contribution in [2.75, 3.05) is 19.7 Å². The van der Waals surface area contributed by atoms with Gasteiger partial charge >= 0.3 is 5.97 Å². The molecule has 3 nitrogen and oxygen atoms in total. The SMILES string of the molecule is CCOC(=O)C(CC)N1CCC(Cc2ccccc2)CC1. The summed E-state index contributed by atoms with van der Waals surface area (Å²) >= 11 is 0. The second-order valence-electron chi connectivity index (χ2n) is 5.85. The molecule has 0 N–H and O–H groups in total. The molecule has 1 aromatic carbocycles. The highest BCUT2D eigenvalue weighted by Crippen LogP contribution is 2.24. The summed E-state index contributed by atoms with van der Waals surface area (Å²) < 4.78 is 5.19. The van der Waals surface area contributed by atoms with Gasteiger partial charge in [0.25, 0.3) is 0 Å². The highest BCUT2D eigenvalue weighted by atomic mass is 16.5. The molecule has 3 heteroatoms. The van der Waals surface area contributed by atoms with Crippen LogP contribution in [0.4, 0.5) is 0 Å². The van der Waals surface area contributed by atoms with E-state index in [1.165, 1.54) is 18.4 Å². The molecule has 0 amide bonds. The Morgan fingerprint density at radius 1 is 1.24 bits per heavy atom. The predicted octanol–water partition coefficient (Wildman–Crippen LogP) is 3.28. The van der Waals surface area contributed by atoms with E-state index in [2.05, 4.69) is 42.2 Å². The molecule has 1 atom stereocenters. The summed E-state index contributed by atoms with van der Waals surface area (Å²) in [5.41, 5.74) is 1.42. The standard InChI is InChI=1S/C18H27NO2/c1-3-17(18(20)21-4-2)19-12-10-16(11-13-19)14-15-8-6-5-7-9-15/h5-9,16-17H,3-4,10-14H2,1-2H3. The monoisotopic (exact) mass is 289 g/mol. The highest BCUT2D eigenvalue weighted by molar-refractivity contribution is 5.75. The van der Waals surface area contributed by atoms with E-state index in [0.29, 0.717) is 6.61 Å². The first-order valence-electron chi connectivity index (χ1n) is 8.19. The molecule has 21 heavy (non-hydrogen) atoms. The maximum Gasteiger partial charge on any atom is 0.323 e. The molecule has 0 saturated carbocycles. The molecular weight excluding hydrogens is 262 g/mol. The summed E-state index contributed by atoms with van der Waals surface area (Å²) in [4.78, 5) is 14.3. The highest BCUT2D eigenvalue weighted by Gasteiger charge is 2.29. The zero-order chi connectivity index (χ0) is 15.1. The maximum atomic E-state index is 12.0. The molecule has 116 valence electrons.